The normalized spacial score (nSPS) is 15.0. The molecule has 1 aromatic carbocycles. The Kier molecular flexibility index (Phi) is 4.02. The molecule has 4 rings (SSSR count). The fraction of sp³-hybridized carbons (Fsp3) is 0.529. The van der Waals surface area contributed by atoms with Crippen molar-refractivity contribution in [3.8, 4) is 5.75 Å². The lowest BCUT2D eigenvalue weighted by molar-refractivity contribution is 0.241. The molecule has 1 aliphatic rings. The van der Waals surface area contributed by atoms with Gasteiger partial charge >= 0.3 is 0 Å². The van der Waals surface area contributed by atoms with Crippen molar-refractivity contribution < 1.29 is 9.26 Å². The van der Waals surface area contributed by atoms with Gasteiger partial charge in [-0.2, -0.15) is 4.98 Å². The molecule has 0 amide bonds. The number of benzene rings is 1. The number of rotatable bonds is 5. The van der Waals surface area contributed by atoms with E-state index in [0.29, 0.717) is 17.5 Å². The first-order chi connectivity index (χ1) is 11.9. The van der Waals surface area contributed by atoms with E-state index in [1.807, 2.05) is 37.6 Å². The van der Waals surface area contributed by atoms with Crippen molar-refractivity contribution in [1.29, 1.82) is 0 Å². The second-order valence-electron chi connectivity index (χ2n) is 7.51. The first-order valence-electron chi connectivity index (χ1n) is 8.39. The van der Waals surface area contributed by atoms with E-state index < -0.39 is 0 Å². The number of nitrogens with zero attached hydrogens (tertiary/aromatic N) is 5. The van der Waals surface area contributed by atoms with Crippen molar-refractivity contribution in [3.05, 3.63) is 28.3 Å². The molecule has 1 aliphatic carbocycles. The number of ether oxygens (including phenoxy) is 1. The van der Waals surface area contributed by atoms with Crippen molar-refractivity contribution in [2.24, 2.45) is 5.92 Å². The topological polar surface area (TPSA) is 78.9 Å². The Labute approximate surface area is 153 Å². The fourth-order valence-corrected chi connectivity index (χ4v) is 3.06. The molecule has 7 nitrogen and oxygen atoms in total. The molecule has 0 radical (unpaired) electrons. The van der Waals surface area contributed by atoms with Crippen LogP contribution in [0.4, 0.5) is 0 Å². The van der Waals surface area contributed by atoms with E-state index in [1.54, 1.807) is 0 Å². The smallest absolute Gasteiger partial charge is 0.264 e. The quantitative estimate of drug-likeness (QED) is 0.640. The molecular weight excluding hydrogens is 386 g/mol. The van der Waals surface area contributed by atoms with Gasteiger partial charge in [0.15, 0.2) is 12.4 Å². The van der Waals surface area contributed by atoms with Crippen LogP contribution >= 0.6 is 15.9 Å². The van der Waals surface area contributed by atoms with Gasteiger partial charge in [0.05, 0.1) is 9.99 Å². The Balaban J connectivity index is 1.51. The van der Waals surface area contributed by atoms with E-state index in [2.05, 4.69) is 36.4 Å². The van der Waals surface area contributed by atoms with Gasteiger partial charge in [-0.1, -0.05) is 31.1 Å². The van der Waals surface area contributed by atoms with Crippen LogP contribution in [0.2, 0.25) is 0 Å². The van der Waals surface area contributed by atoms with Gasteiger partial charge in [0.25, 0.3) is 5.89 Å². The zero-order valence-corrected chi connectivity index (χ0v) is 16.1. The molecule has 2 aromatic heterocycles. The van der Waals surface area contributed by atoms with Crippen LogP contribution in [-0.4, -0.2) is 25.1 Å². The van der Waals surface area contributed by atoms with Crippen LogP contribution in [0.1, 0.15) is 45.3 Å². The summed E-state index contributed by atoms with van der Waals surface area (Å²) in [7, 11) is 0. The maximum Gasteiger partial charge on any atom is 0.264 e. The summed E-state index contributed by atoms with van der Waals surface area (Å²) in [5.74, 6) is 2.55. The van der Waals surface area contributed by atoms with Crippen LogP contribution in [0.15, 0.2) is 21.1 Å². The van der Waals surface area contributed by atoms with Crippen LogP contribution in [-0.2, 0) is 18.6 Å². The first kappa shape index (κ1) is 16.5. The van der Waals surface area contributed by atoms with Crippen molar-refractivity contribution in [3.63, 3.8) is 0 Å². The largest absolute Gasteiger partial charge is 0.482 e. The highest BCUT2D eigenvalue weighted by atomic mass is 79.9. The molecule has 0 spiro atoms. The van der Waals surface area contributed by atoms with E-state index in [1.165, 1.54) is 12.8 Å². The highest BCUT2D eigenvalue weighted by Crippen LogP contribution is 2.35. The molecule has 0 bridgehead atoms. The molecule has 132 valence electrons. The number of hydrogen-bond donors (Lipinski definition) is 0. The fourth-order valence-electron chi connectivity index (χ4n) is 2.54. The maximum absolute atomic E-state index is 5.84. The van der Waals surface area contributed by atoms with Crippen LogP contribution < -0.4 is 4.74 Å². The van der Waals surface area contributed by atoms with E-state index in [-0.39, 0.29) is 12.0 Å². The van der Waals surface area contributed by atoms with E-state index in [0.717, 1.165) is 28.0 Å². The minimum atomic E-state index is -0.151. The molecule has 1 saturated carbocycles. The number of halogens is 1. The Bertz CT molecular complexity index is 908. The maximum atomic E-state index is 5.84. The summed E-state index contributed by atoms with van der Waals surface area (Å²) in [5.41, 5.74) is 1.67. The minimum absolute atomic E-state index is 0.151. The zero-order valence-electron chi connectivity index (χ0n) is 14.5. The average molecular weight is 406 g/mol. The minimum Gasteiger partial charge on any atom is -0.482 e. The predicted octanol–water partition coefficient (Wildman–Crippen LogP) is 3.86. The van der Waals surface area contributed by atoms with E-state index in [4.69, 9.17) is 9.26 Å². The van der Waals surface area contributed by atoms with Crippen molar-refractivity contribution >= 4 is 27.0 Å². The van der Waals surface area contributed by atoms with Crippen LogP contribution in [0.25, 0.3) is 11.0 Å². The first-order valence-corrected chi connectivity index (χ1v) is 9.18. The van der Waals surface area contributed by atoms with Gasteiger partial charge in [-0.15, -0.1) is 5.10 Å². The number of hydrogen-bond acceptors (Lipinski definition) is 6. The van der Waals surface area contributed by atoms with Crippen LogP contribution in [0.5, 0.6) is 5.75 Å². The van der Waals surface area contributed by atoms with Gasteiger partial charge < -0.3 is 9.26 Å². The molecule has 0 saturated heterocycles. The summed E-state index contributed by atoms with van der Waals surface area (Å²) in [4.78, 5) is 4.38. The Morgan fingerprint density at radius 1 is 1.32 bits per heavy atom. The highest BCUT2D eigenvalue weighted by Gasteiger charge is 2.24. The summed E-state index contributed by atoms with van der Waals surface area (Å²) < 4.78 is 13.9. The van der Waals surface area contributed by atoms with Gasteiger partial charge in [-0.3, -0.25) is 0 Å². The SMILES string of the molecule is CC(C)(C)c1noc(COc2ccc3c(nnn3CC3CC3)c2Br)n1. The molecule has 8 heteroatoms. The van der Waals surface area contributed by atoms with Gasteiger partial charge in [0.2, 0.25) is 0 Å². The van der Waals surface area contributed by atoms with Gasteiger partial charge in [-0.25, -0.2) is 4.68 Å². The molecular formula is C17H20BrN5O2. The molecule has 0 unspecified atom stereocenters. The summed E-state index contributed by atoms with van der Waals surface area (Å²) in [6.45, 7) is 7.26. The van der Waals surface area contributed by atoms with E-state index in [9.17, 15) is 0 Å². The second kappa shape index (κ2) is 6.09. The van der Waals surface area contributed by atoms with Crippen molar-refractivity contribution in [1.82, 2.24) is 25.1 Å². The Morgan fingerprint density at radius 2 is 2.12 bits per heavy atom. The van der Waals surface area contributed by atoms with Crippen LogP contribution in [0, 0.1) is 5.92 Å². The third kappa shape index (κ3) is 3.40. The molecule has 1 fully saturated rings. The molecule has 3 aromatic rings. The molecule has 25 heavy (non-hydrogen) atoms. The predicted molar refractivity (Wildman–Crippen MR) is 95.3 cm³/mol. The number of aromatic nitrogens is 5. The highest BCUT2D eigenvalue weighted by molar-refractivity contribution is 9.10. The Hall–Kier alpha value is -1.96. The van der Waals surface area contributed by atoms with Crippen molar-refractivity contribution in [2.45, 2.75) is 52.2 Å². The molecule has 0 aliphatic heterocycles. The third-order valence-corrected chi connectivity index (χ3v) is 4.97. The lowest BCUT2D eigenvalue weighted by Gasteiger charge is -2.11. The summed E-state index contributed by atoms with van der Waals surface area (Å²) in [6, 6.07) is 3.91. The zero-order chi connectivity index (χ0) is 17.6. The monoisotopic (exact) mass is 405 g/mol. The average Bonchev–Trinajstić information content (AvgIpc) is 3.07. The Morgan fingerprint density at radius 3 is 2.80 bits per heavy atom. The number of fused-ring (bicyclic) bond motifs is 1. The lowest BCUT2D eigenvalue weighted by Crippen LogP contribution is -2.13. The molecule has 0 N–H and O–H groups in total. The summed E-state index contributed by atoms with van der Waals surface area (Å²) in [5, 5.41) is 12.6. The van der Waals surface area contributed by atoms with Gasteiger partial charge in [0.1, 0.15) is 11.3 Å². The second-order valence-corrected chi connectivity index (χ2v) is 8.30. The van der Waals surface area contributed by atoms with Gasteiger partial charge in [0, 0.05) is 12.0 Å². The third-order valence-electron chi connectivity index (χ3n) is 4.21. The summed E-state index contributed by atoms with van der Waals surface area (Å²) in [6.07, 6.45) is 2.56. The van der Waals surface area contributed by atoms with Gasteiger partial charge in [-0.05, 0) is 46.8 Å². The molecule has 2 heterocycles. The standard InChI is InChI=1S/C17H20BrN5O2/c1-17(2,3)16-19-13(25-21-16)9-24-12-7-6-11-15(14(12)18)20-22-23(11)8-10-4-5-10/h6-7,10H,4-5,8-9H2,1-3H3. The summed E-state index contributed by atoms with van der Waals surface area (Å²) >= 11 is 3.58. The van der Waals surface area contributed by atoms with Crippen LogP contribution in [0.3, 0.4) is 0 Å². The molecule has 0 atom stereocenters. The lowest BCUT2D eigenvalue weighted by atomic mass is 9.96. The van der Waals surface area contributed by atoms with Crippen molar-refractivity contribution in [2.75, 3.05) is 0 Å². The van der Waals surface area contributed by atoms with E-state index >= 15 is 0 Å².